The van der Waals surface area contributed by atoms with Crippen molar-refractivity contribution in [1.29, 1.82) is 0 Å². The van der Waals surface area contributed by atoms with Crippen LogP contribution in [0.4, 0.5) is 15.8 Å². The average molecular weight is 339 g/mol. The number of para-hydroxylation sites is 1. The van der Waals surface area contributed by atoms with Crippen molar-refractivity contribution in [2.24, 2.45) is 0 Å². The van der Waals surface area contributed by atoms with Gasteiger partial charge >= 0.3 is 0 Å². The van der Waals surface area contributed by atoms with Crippen molar-refractivity contribution in [3.05, 3.63) is 68.4 Å². The lowest BCUT2D eigenvalue weighted by Gasteiger charge is -2.17. The van der Waals surface area contributed by atoms with E-state index in [1.165, 1.54) is 18.2 Å². The maximum atomic E-state index is 13.2. The van der Waals surface area contributed by atoms with E-state index >= 15 is 0 Å². The molecule has 0 spiro atoms. The molecule has 0 amide bonds. The van der Waals surface area contributed by atoms with E-state index in [4.69, 9.17) is 0 Å². The summed E-state index contributed by atoms with van der Waals surface area (Å²) in [4.78, 5) is 10.6. The minimum atomic E-state index is -0.422. The number of benzene rings is 2. The molecule has 1 atom stereocenters. The molecule has 2 rings (SSSR count). The summed E-state index contributed by atoms with van der Waals surface area (Å²) < 4.78 is 13.9. The van der Waals surface area contributed by atoms with Crippen LogP contribution in [-0.2, 0) is 0 Å². The van der Waals surface area contributed by atoms with E-state index in [1.54, 1.807) is 31.2 Å². The number of nitro benzene ring substituents is 1. The molecule has 0 heterocycles. The van der Waals surface area contributed by atoms with E-state index in [0.29, 0.717) is 15.7 Å². The topological polar surface area (TPSA) is 55.2 Å². The highest BCUT2D eigenvalue weighted by molar-refractivity contribution is 9.10. The summed E-state index contributed by atoms with van der Waals surface area (Å²) >= 11 is 3.32. The summed E-state index contributed by atoms with van der Waals surface area (Å²) in [7, 11) is 0. The second-order valence-corrected chi connectivity index (χ2v) is 5.16. The fourth-order valence-electron chi connectivity index (χ4n) is 1.94. The molecule has 20 heavy (non-hydrogen) atoms. The first-order valence-electron chi connectivity index (χ1n) is 5.94. The van der Waals surface area contributed by atoms with Crippen molar-refractivity contribution in [3.63, 3.8) is 0 Å². The van der Waals surface area contributed by atoms with Crippen molar-refractivity contribution in [2.75, 3.05) is 5.32 Å². The van der Waals surface area contributed by atoms with E-state index in [2.05, 4.69) is 21.2 Å². The smallest absolute Gasteiger partial charge is 0.274 e. The van der Waals surface area contributed by atoms with Crippen LogP contribution in [0.2, 0.25) is 0 Å². The van der Waals surface area contributed by atoms with E-state index < -0.39 is 4.92 Å². The molecule has 1 unspecified atom stereocenters. The molecule has 0 saturated carbocycles. The quantitative estimate of drug-likeness (QED) is 0.651. The lowest BCUT2D eigenvalue weighted by molar-refractivity contribution is -0.385. The van der Waals surface area contributed by atoms with Gasteiger partial charge in [-0.3, -0.25) is 10.1 Å². The molecule has 2 aromatic carbocycles. The van der Waals surface area contributed by atoms with Crippen molar-refractivity contribution >= 4 is 27.3 Å². The minimum Gasteiger partial charge on any atom is -0.377 e. The summed E-state index contributed by atoms with van der Waals surface area (Å²) in [6, 6.07) is 10.4. The zero-order valence-corrected chi connectivity index (χ0v) is 12.2. The zero-order valence-electron chi connectivity index (χ0n) is 10.6. The minimum absolute atomic E-state index is 0.0417. The Labute approximate surface area is 123 Å². The molecule has 0 aliphatic heterocycles. The Balaban J connectivity index is 2.31. The monoisotopic (exact) mass is 338 g/mol. The Morgan fingerprint density at radius 3 is 2.70 bits per heavy atom. The van der Waals surface area contributed by atoms with Gasteiger partial charge in [-0.25, -0.2) is 4.39 Å². The third-order valence-corrected chi connectivity index (χ3v) is 3.59. The van der Waals surface area contributed by atoms with Gasteiger partial charge in [0.2, 0.25) is 0 Å². The van der Waals surface area contributed by atoms with Crippen LogP contribution in [0.15, 0.2) is 46.9 Å². The molecule has 2 aromatic rings. The second kappa shape index (κ2) is 6.00. The average Bonchev–Trinajstić information content (AvgIpc) is 2.42. The van der Waals surface area contributed by atoms with Gasteiger partial charge in [-0.2, -0.15) is 0 Å². The first-order valence-corrected chi connectivity index (χ1v) is 6.73. The van der Waals surface area contributed by atoms with Gasteiger partial charge in [-0.05, 0) is 41.1 Å². The predicted octanol–water partition coefficient (Wildman–Crippen LogP) is 4.67. The standard InChI is InChI=1S/C14H12BrFN2O2/c1-9(11-4-2-3-5-14(11)18(19)20)17-13-8-10(16)6-7-12(13)15/h2-9,17H,1H3. The van der Waals surface area contributed by atoms with Crippen LogP contribution in [0.5, 0.6) is 0 Å². The fourth-order valence-corrected chi connectivity index (χ4v) is 2.30. The SMILES string of the molecule is CC(Nc1cc(F)ccc1Br)c1ccccc1[N+](=O)[O-]. The molecule has 0 saturated heterocycles. The van der Waals surface area contributed by atoms with Crippen LogP contribution >= 0.6 is 15.9 Å². The Morgan fingerprint density at radius 2 is 2.00 bits per heavy atom. The van der Waals surface area contributed by atoms with Crippen molar-refractivity contribution in [2.45, 2.75) is 13.0 Å². The Hall–Kier alpha value is -1.95. The maximum absolute atomic E-state index is 13.2. The normalized spacial score (nSPS) is 11.9. The largest absolute Gasteiger partial charge is 0.377 e. The van der Waals surface area contributed by atoms with Gasteiger partial charge < -0.3 is 5.32 Å². The number of anilines is 1. The molecule has 4 nitrogen and oxygen atoms in total. The number of nitrogens with one attached hydrogen (secondary N) is 1. The molecule has 0 radical (unpaired) electrons. The lowest BCUT2D eigenvalue weighted by atomic mass is 10.1. The zero-order chi connectivity index (χ0) is 14.7. The first kappa shape index (κ1) is 14.5. The molecule has 0 aromatic heterocycles. The highest BCUT2D eigenvalue weighted by Crippen LogP contribution is 2.30. The molecule has 1 N–H and O–H groups in total. The number of rotatable bonds is 4. The number of nitro groups is 1. The lowest BCUT2D eigenvalue weighted by Crippen LogP contribution is -2.09. The molecule has 0 aliphatic carbocycles. The van der Waals surface area contributed by atoms with Gasteiger partial charge in [0.15, 0.2) is 0 Å². The van der Waals surface area contributed by atoms with Gasteiger partial charge in [0, 0.05) is 10.5 Å². The van der Waals surface area contributed by atoms with Crippen molar-refractivity contribution in [1.82, 2.24) is 0 Å². The van der Waals surface area contributed by atoms with Crippen LogP contribution in [0.1, 0.15) is 18.5 Å². The second-order valence-electron chi connectivity index (χ2n) is 4.31. The highest BCUT2D eigenvalue weighted by Gasteiger charge is 2.18. The summed E-state index contributed by atoms with van der Waals surface area (Å²) in [5, 5.41) is 14.1. The molecular formula is C14H12BrFN2O2. The summed E-state index contributed by atoms with van der Waals surface area (Å²) in [6.07, 6.45) is 0. The number of hydrogen-bond donors (Lipinski definition) is 1. The third-order valence-electron chi connectivity index (χ3n) is 2.90. The van der Waals surface area contributed by atoms with Crippen LogP contribution < -0.4 is 5.32 Å². The van der Waals surface area contributed by atoms with Crippen molar-refractivity contribution in [3.8, 4) is 0 Å². The summed E-state index contributed by atoms with van der Waals surface area (Å²) in [6.45, 7) is 1.79. The van der Waals surface area contributed by atoms with Crippen molar-refractivity contribution < 1.29 is 9.31 Å². The Morgan fingerprint density at radius 1 is 1.30 bits per heavy atom. The molecular weight excluding hydrogens is 327 g/mol. The van der Waals surface area contributed by atoms with Crippen LogP contribution in [0.3, 0.4) is 0 Å². The molecule has 0 fully saturated rings. The maximum Gasteiger partial charge on any atom is 0.274 e. The van der Waals surface area contributed by atoms with Gasteiger partial charge in [0.25, 0.3) is 5.69 Å². The summed E-state index contributed by atoms with van der Waals surface area (Å²) in [5.74, 6) is -0.370. The molecule has 0 bridgehead atoms. The van der Waals surface area contributed by atoms with E-state index in [-0.39, 0.29) is 17.5 Å². The highest BCUT2D eigenvalue weighted by atomic mass is 79.9. The van der Waals surface area contributed by atoms with Gasteiger partial charge in [-0.15, -0.1) is 0 Å². The van der Waals surface area contributed by atoms with Crippen LogP contribution in [0, 0.1) is 15.9 Å². The van der Waals surface area contributed by atoms with E-state index in [1.807, 2.05) is 0 Å². The Kier molecular flexibility index (Phi) is 4.34. The molecule has 104 valence electrons. The number of nitrogens with zero attached hydrogens (tertiary/aromatic N) is 1. The van der Waals surface area contributed by atoms with Gasteiger partial charge in [0.05, 0.1) is 22.2 Å². The van der Waals surface area contributed by atoms with Gasteiger partial charge in [-0.1, -0.05) is 18.2 Å². The van der Waals surface area contributed by atoms with Crippen LogP contribution in [-0.4, -0.2) is 4.92 Å². The van der Waals surface area contributed by atoms with E-state index in [9.17, 15) is 14.5 Å². The third kappa shape index (κ3) is 3.14. The van der Waals surface area contributed by atoms with Gasteiger partial charge in [0.1, 0.15) is 5.82 Å². The molecule has 6 heteroatoms. The predicted molar refractivity (Wildman–Crippen MR) is 79.2 cm³/mol. The number of halogens is 2. The number of hydrogen-bond acceptors (Lipinski definition) is 3. The first-order chi connectivity index (χ1) is 9.49. The molecule has 0 aliphatic rings. The summed E-state index contributed by atoms with van der Waals surface area (Å²) in [5.41, 5.74) is 1.14. The Bertz CT molecular complexity index is 649. The van der Waals surface area contributed by atoms with Crippen LogP contribution in [0.25, 0.3) is 0 Å². The van der Waals surface area contributed by atoms with E-state index in [0.717, 1.165) is 0 Å². The fraction of sp³-hybridized carbons (Fsp3) is 0.143.